The number of carbonyl (C=O) groups is 1. The van der Waals surface area contributed by atoms with E-state index in [2.05, 4.69) is 15.0 Å². The number of aromatic nitrogens is 1. The molecule has 0 radical (unpaired) electrons. The van der Waals surface area contributed by atoms with Gasteiger partial charge < -0.3 is 5.32 Å². The van der Waals surface area contributed by atoms with Gasteiger partial charge in [0.2, 0.25) is 15.8 Å². The van der Waals surface area contributed by atoms with E-state index in [-0.39, 0.29) is 17.2 Å². The Morgan fingerprint density at radius 3 is 2.52 bits per heavy atom. The van der Waals surface area contributed by atoms with E-state index in [9.17, 15) is 17.6 Å². The van der Waals surface area contributed by atoms with Crippen molar-refractivity contribution in [2.24, 2.45) is 0 Å². The summed E-state index contributed by atoms with van der Waals surface area (Å²) in [6.07, 6.45) is 3.69. The van der Waals surface area contributed by atoms with E-state index in [4.69, 9.17) is 11.6 Å². The molecule has 3 rings (SSSR count). The maximum absolute atomic E-state index is 13.6. The summed E-state index contributed by atoms with van der Waals surface area (Å²) in [6.45, 7) is 0.859. The third-order valence-electron chi connectivity index (χ3n) is 4.40. The summed E-state index contributed by atoms with van der Waals surface area (Å²) in [4.78, 5) is 16.9. The van der Waals surface area contributed by atoms with Crippen LogP contribution in [0.4, 0.5) is 9.52 Å². The summed E-state index contributed by atoms with van der Waals surface area (Å²) in [5.74, 6) is -0.937. The minimum absolute atomic E-state index is 0.168. The molecule has 1 aromatic heterocycles. The third-order valence-corrected chi connectivity index (χ3v) is 7.17. The Morgan fingerprint density at radius 2 is 1.74 bits per heavy atom. The van der Waals surface area contributed by atoms with Crippen LogP contribution in [0.1, 0.15) is 34.5 Å². The smallest absolute Gasteiger partial charge is 0.243 e. The van der Waals surface area contributed by atoms with Gasteiger partial charge in [0.15, 0.2) is 5.13 Å². The molecule has 0 aliphatic rings. The van der Waals surface area contributed by atoms with Crippen LogP contribution >= 0.6 is 22.9 Å². The molecule has 6 nitrogen and oxygen atoms in total. The van der Waals surface area contributed by atoms with Gasteiger partial charge >= 0.3 is 0 Å². The predicted molar refractivity (Wildman–Crippen MR) is 121 cm³/mol. The average Bonchev–Trinajstić information content (AvgIpc) is 3.22. The highest BCUT2D eigenvalue weighted by Crippen LogP contribution is 2.24. The molecular formula is C21H21ClFN3O3S2. The SMILES string of the molecule is O=C(c1cnc(NCCCCCNS(=O)(=O)c2ccccc2F)s1)c1ccccc1Cl. The van der Waals surface area contributed by atoms with Gasteiger partial charge in [0.05, 0.1) is 16.1 Å². The van der Waals surface area contributed by atoms with Gasteiger partial charge in [0.25, 0.3) is 0 Å². The van der Waals surface area contributed by atoms with Crippen molar-refractivity contribution in [1.82, 2.24) is 9.71 Å². The second-order valence-corrected chi connectivity index (χ2v) is 9.83. The molecule has 0 saturated heterocycles. The van der Waals surface area contributed by atoms with Gasteiger partial charge in [-0.15, -0.1) is 0 Å². The Bertz CT molecular complexity index is 1150. The highest BCUT2D eigenvalue weighted by Gasteiger charge is 2.17. The molecule has 31 heavy (non-hydrogen) atoms. The van der Waals surface area contributed by atoms with E-state index in [0.29, 0.717) is 33.6 Å². The molecular weight excluding hydrogens is 461 g/mol. The molecule has 2 N–H and O–H groups in total. The van der Waals surface area contributed by atoms with Crippen molar-refractivity contribution in [2.45, 2.75) is 24.2 Å². The van der Waals surface area contributed by atoms with Crippen LogP contribution in [0.25, 0.3) is 0 Å². The molecule has 164 valence electrons. The summed E-state index contributed by atoms with van der Waals surface area (Å²) in [7, 11) is -3.85. The summed E-state index contributed by atoms with van der Waals surface area (Å²) in [6, 6.07) is 12.2. The quantitative estimate of drug-likeness (QED) is 0.305. The Hall–Kier alpha value is -2.33. The van der Waals surface area contributed by atoms with E-state index in [1.165, 1.54) is 35.7 Å². The van der Waals surface area contributed by atoms with Gasteiger partial charge in [-0.05, 0) is 37.1 Å². The fourth-order valence-electron chi connectivity index (χ4n) is 2.81. The molecule has 0 amide bonds. The minimum Gasteiger partial charge on any atom is -0.362 e. The summed E-state index contributed by atoms with van der Waals surface area (Å²) in [5, 5.41) is 4.20. The number of hydrogen-bond acceptors (Lipinski definition) is 6. The molecule has 0 unspecified atom stereocenters. The highest BCUT2D eigenvalue weighted by atomic mass is 35.5. The van der Waals surface area contributed by atoms with Crippen LogP contribution in [-0.4, -0.2) is 32.3 Å². The van der Waals surface area contributed by atoms with Crippen molar-refractivity contribution >= 4 is 43.9 Å². The van der Waals surface area contributed by atoms with E-state index in [1.807, 2.05) is 0 Å². The molecule has 0 spiro atoms. The van der Waals surface area contributed by atoms with Crippen molar-refractivity contribution in [1.29, 1.82) is 0 Å². The number of carbonyl (C=O) groups excluding carboxylic acids is 1. The lowest BCUT2D eigenvalue weighted by molar-refractivity contribution is 0.104. The van der Waals surface area contributed by atoms with Crippen molar-refractivity contribution in [2.75, 3.05) is 18.4 Å². The summed E-state index contributed by atoms with van der Waals surface area (Å²) in [5.41, 5.74) is 0.442. The zero-order valence-corrected chi connectivity index (χ0v) is 18.9. The van der Waals surface area contributed by atoms with E-state index in [0.717, 1.165) is 18.9 Å². The van der Waals surface area contributed by atoms with Crippen molar-refractivity contribution in [3.8, 4) is 0 Å². The summed E-state index contributed by atoms with van der Waals surface area (Å²) >= 11 is 7.33. The van der Waals surface area contributed by atoms with Gasteiger partial charge in [0, 0.05) is 18.7 Å². The van der Waals surface area contributed by atoms with Crippen molar-refractivity contribution in [3.05, 3.63) is 76.0 Å². The maximum atomic E-state index is 13.6. The summed E-state index contributed by atoms with van der Waals surface area (Å²) < 4.78 is 40.2. The molecule has 10 heteroatoms. The number of nitrogens with zero attached hydrogens (tertiary/aromatic N) is 1. The second kappa shape index (κ2) is 10.8. The lowest BCUT2D eigenvalue weighted by atomic mass is 10.1. The van der Waals surface area contributed by atoms with Gasteiger partial charge in [0.1, 0.15) is 10.7 Å². The van der Waals surface area contributed by atoms with Gasteiger partial charge in [-0.25, -0.2) is 22.5 Å². The molecule has 2 aromatic carbocycles. The highest BCUT2D eigenvalue weighted by molar-refractivity contribution is 7.89. The Morgan fingerprint density at radius 1 is 1.03 bits per heavy atom. The number of hydrogen-bond donors (Lipinski definition) is 2. The van der Waals surface area contributed by atoms with Gasteiger partial charge in [-0.2, -0.15) is 0 Å². The molecule has 0 fully saturated rings. The standard InChI is InChI=1S/C21H21ClFN3O3S2/c22-16-9-3-2-8-15(16)20(27)18-14-25-21(30-18)24-12-6-1-7-13-26-31(28,29)19-11-5-4-10-17(19)23/h2-5,8-11,14,26H,1,6-7,12-13H2,(H,24,25). The molecule has 0 atom stereocenters. The second-order valence-electron chi connectivity index (χ2n) is 6.65. The fraction of sp³-hybridized carbons (Fsp3) is 0.238. The lowest BCUT2D eigenvalue weighted by Gasteiger charge is -2.07. The first-order chi connectivity index (χ1) is 14.9. The fourth-order valence-corrected chi connectivity index (χ4v) is 4.98. The van der Waals surface area contributed by atoms with Crippen LogP contribution in [0.2, 0.25) is 5.02 Å². The van der Waals surface area contributed by atoms with Crippen molar-refractivity contribution < 1.29 is 17.6 Å². The molecule has 1 heterocycles. The van der Waals surface area contributed by atoms with Crippen LogP contribution in [0, 0.1) is 5.82 Å². The molecule has 0 aliphatic heterocycles. The number of halogens is 2. The molecule has 0 saturated carbocycles. The lowest BCUT2D eigenvalue weighted by Crippen LogP contribution is -2.25. The largest absolute Gasteiger partial charge is 0.362 e. The van der Waals surface area contributed by atoms with Gasteiger partial charge in [-0.3, -0.25) is 4.79 Å². The number of rotatable bonds is 11. The normalized spacial score (nSPS) is 11.4. The monoisotopic (exact) mass is 481 g/mol. The Balaban J connectivity index is 1.38. The van der Waals surface area contributed by atoms with Crippen LogP contribution < -0.4 is 10.0 Å². The van der Waals surface area contributed by atoms with Crippen LogP contribution in [0.5, 0.6) is 0 Å². The number of anilines is 1. The Labute approximate surface area is 189 Å². The van der Waals surface area contributed by atoms with E-state index >= 15 is 0 Å². The van der Waals surface area contributed by atoms with Crippen LogP contribution in [0.15, 0.2) is 59.6 Å². The number of sulfonamides is 1. The number of nitrogens with one attached hydrogen (secondary N) is 2. The topological polar surface area (TPSA) is 88.2 Å². The first-order valence-electron chi connectivity index (χ1n) is 9.61. The number of thiazole rings is 1. The van der Waals surface area contributed by atoms with Crippen LogP contribution in [-0.2, 0) is 10.0 Å². The number of benzene rings is 2. The average molecular weight is 482 g/mol. The Kier molecular flexibility index (Phi) is 8.14. The third kappa shape index (κ3) is 6.33. The molecule has 0 bridgehead atoms. The zero-order chi connectivity index (χ0) is 22.3. The minimum atomic E-state index is -3.85. The van der Waals surface area contributed by atoms with Crippen LogP contribution in [0.3, 0.4) is 0 Å². The van der Waals surface area contributed by atoms with Gasteiger partial charge in [-0.1, -0.05) is 53.6 Å². The first-order valence-corrected chi connectivity index (χ1v) is 12.3. The van der Waals surface area contributed by atoms with Crippen molar-refractivity contribution in [3.63, 3.8) is 0 Å². The zero-order valence-electron chi connectivity index (χ0n) is 16.5. The first kappa shape index (κ1) is 23.3. The predicted octanol–water partition coefficient (Wildman–Crippen LogP) is 4.73. The number of ketones is 1. The van der Waals surface area contributed by atoms with E-state index < -0.39 is 15.8 Å². The molecule has 0 aliphatic carbocycles. The molecule has 3 aromatic rings. The maximum Gasteiger partial charge on any atom is 0.243 e. The van der Waals surface area contributed by atoms with E-state index in [1.54, 1.807) is 24.3 Å². The number of unbranched alkanes of at least 4 members (excludes halogenated alkanes) is 2.